The number of thioether (sulfide) groups is 1. The van der Waals surface area contributed by atoms with E-state index in [-0.39, 0.29) is 17.0 Å². The Bertz CT molecular complexity index is 1040. The minimum Gasteiger partial charge on any atom is -0.497 e. The molecule has 2 aromatic carbocycles. The van der Waals surface area contributed by atoms with Gasteiger partial charge in [0.15, 0.2) is 11.0 Å². The zero-order valence-corrected chi connectivity index (χ0v) is 18.6. The van der Waals surface area contributed by atoms with Gasteiger partial charge in [0, 0.05) is 11.6 Å². The van der Waals surface area contributed by atoms with Gasteiger partial charge in [-0.05, 0) is 63.2 Å². The number of aromatic nitrogens is 3. The number of halogens is 2. The van der Waals surface area contributed by atoms with Crippen LogP contribution in [0.1, 0.15) is 26.8 Å². The van der Waals surface area contributed by atoms with Crippen LogP contribution >= 0.6 is 23.4 Å². The van der Waals surface area contributed by atoms with Crippen LogP contribution < -0.4 is 10.1 Å². The van der Waals surface area contributed by atoms with Gasteiger partial charge in [0.2, 0.25) is 5.91 Å². The van der Waals surface area contributed by atoms with Gasteiger partial charge < -0.3 is 10.1 Å². The van der Waals surface area contributed by atoms with E-state index in [9.17, 15) is 9.18 Å². The average Bonchev–Trinajstić information content (AvgIpc) is 3.13. The van der Waals surface area contributed by atoms with Crippen LogP contribution in [-0.4, -0.2) is 33.0 Å². The summed E-state index contributed by atoms with van der Waals surface area (Å²) in [5, 5.41) is 11.7. The molecule has 0 spiro atoms. The maximum atomic E-state index is 13.2. The fourth-order valence-electron chi connectivity index (χ4n) is 2.80. The zero-order chi connectivity index (χ0) is 21.8. The summed E-state index contributed by atoms with van der Waals surface area (Å²) in [4.78, 5) is 12.6. The fourth-order valence-corrected chi connectivity index (χ4v) is 3.99. The topological polar surface area (TPSA) is 69.0 Å². The van der Waals surface area contributed by atoms with Crippen molar-refractivity contribution in [3.8, 4) is 17.1 Å². The third-order valence-electron chi connectivity index (χ3n) is 4.37. The first kappa shape index (κ1) is 22.1. The SMILES string of the molecule is COc1ccc(-c2nnc(S[C@@H](C)C(=O)Nc3ccc(F)cc3Cl)n2C(C)C)cc1. The van der Waals surface area contributed by atoms with Crippen molar-refractivity contribution in [3.05, 3.63) is 53.3 Å². The first-order valence-electron chi connectivity index (χ1n) is 9.32. The highest BCUT2D eigenvalue weighted by atomic mass is 35.5. The Hall–Kier alpha value is -2.58. The van der Waals surface area contributed by atoms with E-state index >= 15 is 0 Å². The van der Waals surface area contributed by atoms with Crippen LogP contribution in [0.15, 0.2) is 47.6 Å². The van der Waals surface area contributed by atoms with Crippen LogP contribution in [0.5, 0.6) is 5.75 Å². The number of nitrogens with zero attached hydrogens (tertiary/aromatic N) is 3. The van der Waals surface area contributed by atoms with Crippen LogP contribution in [-0.2, 0) is 4.79 Å². The molecule has 0 bridgehead atoms. The highest BCUT2D eigenvalue weighted by molar-refractivity contribution is 8.00. The van der Waals surface area contributed by atoms with E-state index in [0.717, 1.165) is 17.4 Å². The molecule has 1 atom stereocenters. The van der Waals surface area contributed by atoms with Crippen molar-refractivity contribution in [2.75, 3.05) is 12.4 Å². The molecule has 158 valence electrons. The molecule has 3 aromatic rings. The number of carbonyl (C=O) groups is 1. The van der Waals surface area contributed by atoms with Crippen molar-refractivity contribution in [1.82, 2.24) is 14.8 Å². The number of carbonyl (C=O) groups excluding carboxylic acids is 1. The quantitative estimate of drug-likeness (QED) is 0.487. The molecule has 30 heavy (non-hydrogen) atoms. The van der Waals surface area contributed by atoms with Gasteiger partial charge in [0.05, 0.1) is 23.1 Å². The molecule has 1 aromatic heterocycles. The Balaban J connectivity index is 1.79. The summed E-state index contributed by atoms with van der Waals surface area (Å²) in [5.41, 5.74) is 1.26. The number of rotatable bonds is 7. The number of ether oxygens (including phenoxy) is 1. The van der Waals surface area contributed by atoms with Crippen LogP contribution in [0, 0.1) is 5.82 Å². The largest absolute Gasteiger partial charge is 0.497 e. The normalized spacial score (nSPS) is 12.1. The van der Waals surface area contributed by atoms with Crippen LogP contribution in [0.25, 0.3) is 11.4 Å². The van der Waals surface area contributed by atoms with Gasteiger partial charge in [-0.25, -0.2) is 4.39 Å². The molecule has 0 unspecified atom stereocenters. The van der Waals surface area contributed by atoms with E-state index in [0.29, 0.717) is 16.7 Å². The van der Waals surface area contributed by atoms with Gasteiger partial charge in [0.1, 0.15) is 11.6 Å². The van der Waals surface area contributed by atoms with E-state index in [4.69, 9.17) is 16.3 Å². The summed E-state index contributed by atoms with van der Waals surface area (Å²) in [7, 11) is 1.62. The molecule has 1 amide bonds. The minimum absolute atomic E-state index is 0.0846. The number of hydrogen-bond donors (Lipinski definition) is 1. The molecule has 3 rings (SSSR count). The van der Waals surface area contributed by atoms with E-state index in [1.807, 2.05) is 42.7 Å². The molecule has 0 saturated heterocycles. The Morgan fingerprint density at radius 2 is 1.87 bits per heavy atom. The molecule has 0 aliphatic heterocycles. The van der Waals surface area contributed by atoms with Crippen molar-refractivity contribution in [1.29, 1.82) is 0 Å². The summed E-state index contributed by atoms with van der Waals surface area (Å²) in [6.07, 6.45) is 0. The Morgan fingerprint density at radius 3 is 2.47 bits per heavy atom. The van der Waals surface area contributed by atoms with E-state index in [1.165, 1.54) is 23.9 Å². The lowest BCUT2D eigenvalue weighted by Crippen LogP contribution is -2.23. The standard InChI is InChI=1S/C21H22ClFN4O2S/c1-12(2)27-19(14-5-8-16(29-4)9-6-14)25-26-21(27)30-13(3)20(28)24-18-10-7-15(23)11-17(18)22/h5-13H,1-4H3,(H,24,28)/t13-/m0/s1. The van der Waals surface area contributed by atoms with Crippen molar-refractivity contribution in [3.63, 3.8) is 0 Å². The summed E-state index contributed by atoms with van der Waals surface area (Å²) >= 11 is 7.29. The fraction of sp³-hybridized carbons (Fsp3) is 0.286. The van der Waals surface area contributed by atoms with E-state index in [2.05, 4.69) is 15.5 Å². The van der Waals surface area contributed by atoms with Crippen molar-refractivity contribution in [2.45, 2.75) is 37.2 Å². The van der Waals surface area contributed by atoms with Crippen LogP contribution in [0.4, 0.5) is 10.1 Å². The van der Waals surface area contributed by atoms with Gasteiger partial charge >= 0.3 is 0 Å². The second kappa shape index (κ2) is 9.49. The molecule has 1 heterocycles. The van der Waals surface area contributed by atoms with Crippen molar-refractivity contribution in [2.24, 2.45) is 0 Å². The maximum absolute atomic E-state index is 13.2. The summed E-state index contributed by atoms with van der Waals surface area (Å²) in [6.45, 7) is 5.83. The van der Waals surface area contributed by atoms with Crippen molar-refractivity contribution < 1.29 is 13.9 Å². The monoisotopic (exact) mass is 448 g/mol. The molecular weight excluding hydrogens is 427 g/mol. The number of nitrogens with one attached hydrogen (secondary N) is 1. The van der Waals surface area contributed by atoms with E-state index in [1.54, 1.807) is 14.0 Å². The molecule has 0 aliphatic carbocycles. The molecule has 6 nitrogen and oxygen atoms in total. The van der Waals surface area contributed by atoms with Gasteiger partial charge in [-0.3, -0.25) is 9.36 Å². The van der Waals surface area contributed by atoms with Gasteiger partial charge in [-0.1, -0.05) is 23.4 Å². The number of anilines is 1. The van der Waals surface area contributed by atoms with Gasteiger partial charge in [-0.15, -0.1) is 10.2 Å². The van der Waals surface area contributed by atoms with Gasteiger partial charge in [0.25, 0.3) is 0 Å². The average molecular weight is 449 g/mol. The molecule has 0 fully saturated rings. The van der Waals surface area contributed by atoms with Gasteiger partial charge in [-0.2, -0.15) is 0 Å². The smallest absolute Gasteiger partial charge is 0.237 e. The maximum Gasteiger partial charge on any atom is 0.237 e. The third kappa shape index (κ3) is 4.94. The lowest BCUT2D eigenvalue weighted by atomic mass is 10.2. The molecule has 0 saturated carbocycles. The molecule has 0 radical (unpaired) electrons. The predicted molar refractivity (Wildman–Crippen MR) is 118 cm³/mol. The molecule has 1 N–H and O–H groups in total. The number of amides is 1. The number of hydrogen-bond acceptors (Lipinski definition) is 5. The summed E-state index contributed by atoms with van der Waals surface area (Å²) in [5.74, 6) is 0.743. The number of methoxy groups -OCH3 is 1. The highest BCUT2D eigenvalue weighted by Crippen LogP contribution is 2.31. The predicted octanol–water partition coefficient (Wildman–Crippen LogP) is 5.45. The van der Waals surface area contributed by atoms with Crippen molar-refractivity contribution >= 4 is 35.0 Å². The Morgan fingerprint density at radius 1 is 1.17 bits per heavy atom. The minimum atomic E-state index is -0.475. The molecule has 9 heteroatoms. The van der Waals surface area contributed by atoms with Crippen LogP contribution in [0.3, 0.4) is 0 Å². The zero-order valence-electron chi connectivity index (χ0n) is 17.0. The molecule has 0 aliphatic rings. The first-order chi connectivity index (χ1) is 14.3. The van der Waals surface area contributed by atoms with E-state index < -0.39 is 11.1 Å². The summed E-state index contributed by atoms with van der Waals surface area (Å²) < 4.78 is 20.4. The lowest BCUT2D eigenvalue weighted by molar-refractivity contribution is -0.115. The third-order valence-corrected chi connectivity index (χ3v) is 5.74. The first-order valence-corrected chi connectivity index (χ1v) is 10.6. The van der Waals surface area contributed by atoms with Crippen LogP contribution in [0.2, 0.25) is 5.02 Å². The lowest BCUT2D eigenvalue weighted by Gasteiger charge is -2.16. The highest BCUT2D eigenvalue weighted by Gasteiger charge is 2.23. The summed E-state index contributed by atoms with van der Waals surface area (Å²) in [6, 6.07) is 11.5. The second-order valence-corrected chi connectivity index (χ2v) is 8.59. The molecular formula is C21H22ClFN4O2S. The Labute approximate surface area is 183 Å². The number of benzene rings is 2. The Kier molecular flexibility index (Phi) is 6.99. The second-order valence-electron chi connectivity index (χ2n) is 6.87.